The Morgan fingerprint density at radius 2 is 1.97 bits per heavy atom. The third-order valence-corrected chi connectivity index (χ3v) is 7.13. The van der Waals surface area contributed by atoms with Gasteiger partial charge in [0.1, 0.15) is 12.5 Å². The van der Waals surface area contributed by atoms with Gasteiger partial charge in [-0.05, 0) is 55.7 Å². The number of benzene rings is 1. The smallest absolute Gasteiger partial charge is 0.330 e. The topological polar surface area (TPSA) is 133 Å². The van der Waals surface area contributed by atoms with E-state index in [2.05, 4.69) is 4.98 Å². The predicted octanol–water partition coefficient (Wildman–Crippen LogP) is 1.68. The van der Waals surface area contributed by atoms with Crippen molar-refractivity contribution in [3.8, 4) is 5.75 Å². The van der Waals surface area contributed by atoms with E-state index >= 15 is 0 Å². The van der Waals surface area contributed by atoms with Crippen LogP contribution in [0.3, 0.4) is 0 Å². The van der Waals surface area contributed by atoms with Crippen molar-refractivity contribution in [2.24, 2.45) is 5.14 Å². The van der Waals surface area contributed by atoms with Gasteiger partial charge in [0.05, 0.1) is 18.0 Å². The SMILES string of the molecule is CC(c1cccc(OC2CCCC2)c1)C(CCOCn1ccc(=O)[nH]c1=O)S(N)(=O)=O. The van der Waals surface area contributed by atoms with Crippen molar-refractivity contribution in [1.82, 2.24) is 9.55 Å². The van der Waals surface area contributed by atoms with Crippen LogP contribution < -0.4 is 21.1 Å². The normalized spacial score (nSPS) is 16.8. The second-order valence-corrected chi connectivity index (χ2v) is 9.70. The average molecular weight is 452 g/mol. The van der Waals surface area contributed by atoms with Gasteiger partial charge >= 0.3 is 5.69 Å². The maximum Gasteiger partial charge on any atom is 0.330 e. The number of hydrogen-bond donors (Lipinski definition) is 2. The third-order valence-electron chi connectivity index (χ3n) is 5.64. The number of H-pyrrole nitrogens is 1. The van der Waals surface area contributed by atoms with E-state index in [1.807, 2.05) is 31.2 Å². The van der Waals surface area contributed by atoms with Gasteiger partial charge in [-0.2, -0.15) is 0 Å². The third kappa shape index (κ3) is 6.52. The molecule has 170 valence electrons. The minimum Gasteiger partial charge on any atom is -0.490 e. The van der Waals surface area contributed by atoms with Crippen molar-refractivity contribution in [2.45, 2.75) is 63.0 Å². The average Bonchev–Trinajstić information content (AvgIpc) is 3.21. The molecule has 31 heavy (non-hydrogen) atoms. The first kappa shape index (κ1) is 23.2. The molecule has 0 saturated heterocycles. The highest BCUT2D eigenvalue weighted by Gasteiger charge is 2.29. The zero-order chi connectivity index (χ0) is 22.4. The highest BCUT2D eigenvalue weighted by Crippen LogP contribution is 2.30. The van der Waals surface area contributed by atoms with Crippen LogP contribution in [0, 0.1) is 0 Å². The maximum absolute atomic E-state index is 12.3. The molecule has 2 unspecified atom stereocenters. The number of nitrogens with zero attached hydrogens (tertiary/aromatic N) is 1. The summed E-state index contributed by atoms with van der Waals surface area (Å²) >= 11 is 0. The minimum atomic E-state index is -3.84. The lowest BCUT2D eigenvalue weighted by atomic mass is 9.95. The van der Waals surface area contributed by atoms with Crippen LogP contribution >= 0.6 is 0 Å². The number of ether oxygens (including phenoxy) is 2. The van der Waals surface area contributed by atoms with Crippen LogP contribution in [0.5, 0.6) is 5.75 Å². The van der Waals surface area contributed by atoms with Crippen molar-refractivity contribution < 1.29 is 17.9 Å². The Bertz CT molecular complexity index is 1090. The molecule has 10 heteroatoms. The van der Waals surface area contributed by atoms with E-state index in [-0.39, 0.29) is 31.8 Å². The number of primary sulfonamides is 1. The first-order valence-corrected chi connectivity index (χ1v) is 12.0. The Morgan fingerprint density at radius 3 is 2.65 bits per heavy atom. The predicted molar refractivity (Wildman–Crippen MR) is 117 cm³/mol. The standard InChI is InChI=1S/C21H29N3O6S/c1-15(16-5-4-8-18(13-16)30-17-6-2-3-7-17)19(31(22,27)28)10-12-29-14-24-11-9-20(25)23-21(24)26/h4-5,8-9,11,13,15,17,19H,2-3,6-7,10,12,14H2,1H3,(H2,22,27,28)(H,23,25,26). The summed E-state index contributed by atoms with van der Waals surface area (Å²) in [5, 5.41) is 4.65. The van der Waals surface area contributed by atoms with E-state index in [0.717, 1.165) is 24.2 Å². The molecule has 0 amide bonds. The molecule has 1 heterocycles. The lowest BCUT2D eigenvalue weighted by molar-refractivity contribution is 0.0706. The molecular formula is C21H29N3O6S. The summed E-state index contributed by atoms with van der Waals surface area (Å²) in [4.78, 5) is 24.9. The van der Waals surface area contributed by atoms with Gasteiger partial charge in [0, 0.05) is 12.3 Å². The van der Waals surface area contributed by atoms with Crippen LogP contribution in [0.2, 0.25) is 0 Å². The van der Waals surface area contributed by atoms with E-state index in [9.17, 15) is 18.0 Å². The molecule has 1 aliphatic carbocycles. The lowest BCUT2D eigenvalue weighted by Crippen LogP contribution is -2.34. The molecule has 2 aromatic rings. The van der Waals surface area contributed by atoms with Crippen LogP contribution in [-0.4, -0.2) is 35.9 Å². The van der Waals surface area contributed by atoms with Gasteiger partial charge in [-0.1, -0.05) is 19.1 Å². The summed E-state index contributed by atoms with van der Waals surface area (Å²) in [7, 11) is -3.84. The summed E-state index contributed by atoms with van der Waals surface area (Å²) in [6, 6.07) is 8.69. The Hall–Kier alpha value is -2.43. The zero-order valence-corrected chi connectivity index (χ0v) is 18.3. The molecule has 1 aromatic carbocycles. The van der Waals surface area contributed by atoms with Crippen molar-refractivity contribution in [3.63, 3.8) is 0 Å². The van der Waals surface area contributed by atoms with E-state index in [4.69, 9.17) is 14.6 Å². The second-order valence-electron chi connectivity index (χ2n) is 7.92. The van der Waals surface area contributed by atoms with E-state index in [0.29, 0.717) is 0 Å². The molecule has 2 atom stereocenters. The van der Waals surface area contributed by atoms with Gasteiger partial charge in [-0.15, -0.1) is 0 Å². The first-order valence-electron chi connectivity index (χ1n) is 10.4. The Labute approximate surface area is 181 Å². The summed E-state index contributed by atoms with van der Waals surface area (Å²) in [5.41, 5.74) is -0.266. The van der Waals surface area contributed by atoms with Crippen molar-refractivity contribution in [3.05, 3.63) is 62.9 Å². The van der Waals surface area contributed by atoms with Gasteiger partial charge in [0.25, 0.3) is 5.56 Å². The molecule has 0 radical (unpaired) electrons. The van der Waals surface area contributed by atoms with Gasteiger partial charge in [0.15, 0.2) is 0 Å². The highest BCUT2D eigenvalue weighted by atomic mass is 32.2. The number of hydrogen-bond acceptors (Lipinski definition) is 6. The number of rotatable bonds is 10. The molecule has 0 aliphatic heterocycles. The van der Waals surface area contributed by atoms with Gasteiger partial charge in [-0.25, -0.2) is 18.4 Å². The van der Waals surface area contributed by atoms with E-state index in [1.54, 1.807) is 0 Å². The molecule has 1 fully saturated rings. The Balaban J connectivity index is 1.63. The molecule has 9 nitrogen and oxygen atoms in total. The Kier molecular flexibility index (Phi) is 7.69. The number of aromatic nitrogens is 2. The molecule has 1 saturated carbocycles. The maximum atomic E-state index is 12.3. The summed E-state index contributed by atoms with van der Waals surface area (Å²) in [5.74, 6) is 0.361. The molecule has 3 N–H and O–H groups in total. The lowest BCUT2D eigenvalue weighted by Gasteiger charge is -2.23. The summed E-state index contributed by atoms with van der Waals surface area (Å²) < 4.78 is 37.2. The molecule has 3 rings (SSSR count). The second kappa shape index (κ2) is 10.3. The number of nitrogens with one attached hydrogen (secondary N) is 1. The van der Waals surface area contributed by atoms with Crippen LogP contribution in [0.1, 0.15) is 50.5 Å². The highest BCUT2D eigenvalue weighted by molar-refractivity contribution is 7.89. The first-order chi connectivity index (χ1) is 14.7. The summed E-state index contributed by atoms with van der Waals surface area (Å²) in [6.45, 7) is 1.79. The van der Waals surface area contributed by atoms with Crippen LogP contribution in [-0.2, 0) is 21.5 Å². The van der Waals surface area contributed by atoms with E-state index in [1.165, 1.54) is 29.7 Å². The van der Waals surface area contributed by atoms with Crippen molar-refractivity contribution >= 4 is 10.0 Å². The fourth-order valence-corrected chi connectivity index (χ4v) is 5.04. The zero-order valence-electron chi connectivity index (χ0n) is 17.5. The Morgan fingerprint density at radius 1 is 1.23 bits per heavy atom. The molecule has 1 aromatic heterocycles. The van der Waals surface area contributed by atoms with Crippen LogP contribution in [0.15, 0.2) is 46.1 Å². The molecular weight excluding hydrogens is 422 g/mol. The fourth-order valence-electron chi connectivity index (χ4n) is 3.89. The van der Waals surface area contributed by atoms with Crippen molar-refractivity contribution in [2.75, 3.05) is 6.61 Å². The van der Waals surface area contributed by atoms with Gasteiger partial charge in [-0.3, -0.25) is 14.3 Å². The monoisotopic (exact) mass is 451 g/mol. The fraction of sp³-hybridized carbons (Fsp3) is 0.524. The largest absolute Gasteiger partial charge is 0.490 e. The minimum absolute atomic E-state index is 0.0786. The quantitative estimate of drug-likeness (QED) is 0.528. The van der Waals surface area contributed by atoms with Crippen LogP contribution in [0.25, 0.3) is 0 Å². The number of sulfonamides is 1. The van der Waals surface area contributed by atoms with E-state index < -0.39 is 26.5 Å². The number of aromatic amines is 1. The molecule has 1 aliphatic rings. The van der Waals surface area contributed by atoms with Crippen molar-refractivity contribution in [1.29, 1.82) is 0 Å². The van der Waals surface area contributed by atoms with Crippen LogP contribution in [0.4, 0.5) is 0 Å². The summed E-state index contributed by atoms with van der Waals surface area (Å²) in [6.07, 6.45) is 6.09. The number of nitrogens with two attached hydrogens (primary N) is 1. The van der Waals surface area contributed by atoms with Gasteiger partial charge < -0.3 is 9.47 Å². The van der Waals surface area contributed by atoms with Gasteiger partial charge in [0.2, 0.25) is 10.0 Å². The molecule has 0 spiro atoms. The molecule has 0 bridgehead atoms.